The summed E-state index contributed by atoms with van der Waals surface area (Å²) in [6.07, 6.45) is 2.46. The van der Waals surface area contributed by atoms with Crippen LogP contribution >= 0.6 is 11.6 Å². The summed E-state index contributed by atoms with van der Waals surface area (Å²) in [7, 11) is 0. The highest BCUT2D eigenvalue weighted by Gasteiger charge is 2.26. The van der Waals surface area contributed by atoms with Crippen molar-refractivity contribution in [1.82, 2.24) is 4.90 Å². The van der Waals surface area contributed by atoms with Gasteiger partial charge in [0.1, 0.15) is 11.7 Å². The average Bonchev–Trinajstić information content (AvgIpc) is 2.97. The van der Waals surface area contributed by atoms with E-state index in [1.165, 1.54) is 0 Å². The number of carbonyl (C=O) groups is 1. The standard InChI is InChI=1S/C15H17ClN2O2/c16-13-4-3-5-14(10-13)20-9-6-12(11-17)15(19)18-7-1-2-8-18/h3-5,10,12H,1-2,6-9H2. The molecule has 1 aliphatic rings. The molecule has 1 heterocycles. The molecule has 0 N–H and O–H groups in total. The van der Waals surface area contributed by atoms with Gasteiger partial charge in [0, 0.05) is 24.5 Å². The van der Waals surface area contributed by atoms with Gasteiger partial charge >= 0.3 is 0 Å². The Hall–Kier alpha value is -1.73. The van der Waals surface area contributed by atoms with Gasteiger partial charge in [-0.25, -0.2) is 0 Å². The predicted molar refractivity (Wildman–Crippen MR) is 76.5 cm³/mol. The van der Waals surface area contributed by atoms with Gasteiger partial charge in [0.25, 0.3) is 0 Å². The number of hydrogen-bond donors (Lipinski definition) is 0. The zero-order valence-electron chi connectivity index (χ0n) is 11.2. The number of benzene rings is 1. The Morgan fingerprint density at radius 3 is 2.85 bits per heavy atom. The van der Waals surface area contributed by atoms with Crippen LogP contribution in [0.25, 0.3) is 0 Å². The van der Waals surface area contributed by atoms with Crippen molar-refractivity contribution < 1.29 is 9.53 Å². The Morgan fingerprint density at radius 2 is 2.20 bits per heavy atom. The second-order valence-corrected chi connectivity index (χ2v) is 5.25. The Bertz CT molecular complexity index is 507. The van der Waals surface area contributed by atoms with Crippen molar-refractivity contribution in [1.29, 1.82) is 5.26 Å². The number of hydrogen-bond acceptors (Lipinski definition) is 3. The highest BCUT2D eigenvalue weighted by Crippen LogP contribution is 2.18. The van der Waals surface area contributed by atoms with Crippen LogP contribution in [0.15, 0.2) is 24.3 Å². The van der Waals surface area contributed by atoms with Crippen LogP contribution in [-0.2, 0) is 4.79 Å². The second kappa shape index (κ2) is 7.16. The topological polar surface area (TPSA) is 53.3 Å². The Labute approximate surface area is 123 Å². The molecule has 5 heteroatoms. The van der Waals surface area contributed by atoms with Crippen molar-refractivity contribution in [2.75, 3.05) is 19.7 Å². The summed E-state index contributed by atoms with van der Waals surface area (Å²) < 4.78 is 5.53. The van der Waals surface area contributed by atoms with Crippen LogP contribution in [0.4, 0.5) is 0 Å². The Balaban J connectivity index is 1.82. The van der Waals surface area contributed by atoms with Crippen molar-refractivity contribution in [2.45, 2.75) is 19.3 Å². The average molecular weight is 293 g/mol. The number of nitrogens with zero attached hydrogens (tertiary/aromatic N) is 2. The highest BCUT2D eigenvalue weighted by molar-refractivity contribution is 6.30. The summed E-state index contributed by atoms with van der Waals surface area (Å²) in [6, 6.07) is 9.16. The molecule has 1 atom stereocenters. The molecule has 0 spiro atoms. The fraction of sp³-hybridized carbons (Fsp3) is 0.467. The SMILES string of the molecule is N#CC(CCOc1cccc(Cl)c1)C(=O)N1CCCC1. The number of halogens is 1. The molecule has 0 saturated carbocycles. The fourth-order valence-electron chi connectivity index (χ4n) is 2.25. The summed E-state index contributed by atoms with van der Waals surface area (Å²) in [4.78, 5) is 13.9. The van der Waals surface area contributed by atoms with Crippen LogP contribution in [0.2, 0.25) is 5.02 Å². The number of ether oxygens (including phenoxy) is 1. The Kier molecular flexibility index (Phi) is 5.25. The number of carbonyl (C=O) groups excluding carboxylic acids is 1. The first-order valence-corrected chi connectivity index (χ1v) is 7.15. The Morgan fingerprint density at radius 1 is 1.45 bits per heavy atom. The van der Waals surface area contributed by atoms with E-state index in [4.69, 9.17) is 21.6 Å². The second-order valence-electron chi connectivity index (χ2n) is 4.81. The van der Waals surface area contributed by atoms with Crippen molar-refractivity contribution in [3.8, 4) is 11.8 Å². The minimum absolute atomic E-state index is 0.0697. The largest absolute Gasteiger partial charge is 0.493 e. The first-order valence-electron chi connectivity index (χ1n) is 6.77. The van der Waals surface area contributed by atoms with E-state index < -0.39 is 5.92 Å². The lowest BCUT2D eigenvalue weighted by Crippen LogP contribution is -2.33. The molecule has 1 amide bonds. The van der Waals surface area contributed by atoms with E-state index in [9.17, 15) is 4.79 Å². The molecule has 0 aliphatic carbocycles. The quantitative estimate of drug-likeness (QED) is 0.838. The van der Waals surface area contributed by atoms with Crippen LogP contribution < -0.4 is 4.74 Å². The first kappa shape index (κ1) is 14.7. The van der Waals surface area contributed by atoms with Crippen LogP contribution in [0.3, 0.4) is 0 Å². The first-order chi connectivity index (χ1) is 9.70. The molecule has 1 saturated heterocycles. The molecule has 1 fully saturated rings. The maximum Gasteiger partial charge on any atom is 0.240 e. The van der Waals surface area contributed by atoms with E-state index in [-0.39, 0.29) is 5.91 Å². The maximum atomic E-state index is 12.1. The molecule has 0 bridgehead atoms. The zero-order valence-corrected chi connectivity index (χ0v) is 12.0. The molecule has 1 unspecified atom stereocenters. The van der Waals surface area contributed by atoms with E-state index in [1.807, 2.05) is 0 Å². The van der Waals surface area contributed by atoms with Crippen molar-refractivity contribution in [3.63, 3.8) is 0 Å². The van der Waals surface area contributed by atoms with E-state index in [0.29, 0.717) is 23.8 Å². The zero-order chi connectivity index (χ0) is 14.4. The van der Waals surface area contributed by atoms with Crippen molar-refractivity contribution in [3.05, 3.63) is 29.3 Å². The third kappa shape index (κ3) is 3.88. The van der Waals surface area contributed by atoms with E-state index in [0.717, 1.165) is 25.9 Å². The van der Waals surface area contributed by atoms with Gasteiger partial charge in [0.15, 0.2) is 0 Å². The van der Waals surface area contributed by atoms with Gasteiger partial charge in [-0.3, -0.25) is 4.79 Å². The normalized spacial score (nSPS) is 15.7. The predicted octanol–water partition coefficient (Wildman–Crippen LogP) is 2.87. The molecule has 2 rings (SSSR count). The lowest BCUT2D eigenvalue weighted by Gasteiger charge is -2.18. The monoisotopic (exact) mass is 292 g/mol. The van der Waals surface area contributed by atoms with E-state index >= 15 is 0 Å². The molecule has 4 nitrogen and oxygen atoms in total. The number of rotatable bonds is 5. The van der Waals surface area contributed by atoms with Gasteiger partial charge in [-0.05, 0) is 31.0 Å². The minimum Gasteiger partial charge on any atom is -0.493 e. The summed E-state index contributed by atoms with van der Waals surface area (Å²) in [5.41, 5.74) is 0. The summed E-state index contributed by atoms with van der Waals surface area (Å²) >= 11 is 5.86. The highest BCUT2D eigenvalue weighted by atomic mass is 35.5. The van der Waals surface area contributed by atoms with Gasteiger partial charge in [0.2, 0.25) is 5.91 Å². The van der Waals surface area contributed by atoms with Crippen LogP contribution in [-0.4, -0.2) is 30.5 Å². The summed E-state index contributed by atoms with van der Waals surface area (Å²) in [5, 5.41) is 9.73. The van der Waals surface area contributed by atoms with Crippen LogP contribution in [0.5, 0.6) is 5.75 Å². The van der Waals surface area contributed by atoms with Gasteiger partial charge in [0.05, 0.1) is 12.7 Å². The van der Waals surface area contributed by atoms with Crippen molar-refractivity contribution in [2.24, 2.45) is 5.92 Å². The lowest BCUT2D eigenvalue weighted by atomic mass is 10.1. The number of amides is 1. The third-order valence-electron chi connectivity index (χ3n) is 3.34. The van der Waals surface area contributed by atoms with Gasteiger partial charge in [-0.1, -0.05) is 17.7 Å². The molecule has 1 aromatic rings. The number of likely N-dealkylation sites (tertiary alicyclic amines) is 1. The molecule has 1 aromatic carbocycles. The third-order valence-corrected chi connectivity index (χ3v) is 3.58. The van der Waals surface area contributed by atoms with Gasteiger partial charge in [-0.15, -0.1) is 0 Å². The molecule has 0 aromatic heterocycles. The molecule has 0 radical (unpaired) electrons. The summed E-state index contributed by atoms with van der Waals surface area (Å²) in [6.45, 7) is 1.87. The fourth-order valence-corrected chi connectivity index (χ4v) is 2.43. The summed E-state index contributed by atoms with van der Waals surface area (Å²) in [5.74, 6) is -0.0326. The van der Waals surface area contributed by atoms with Crippen LogP contribution in [0.1, 0.15) is 19.3 Å². The lowest BCUT2D eigenvalue weighted by molar-refractivity contribution is -0.133. The minimum atomic E-state index is -0.618. The van der Waals surface area contributed by atoms with Crippen molar-refractivity contribution >= 4 is 17.5 Å². The van der Waals surface area contributed by atoms with E-state index in [1.54, 1.807) is 29.2 Å². The molecule has 1 aliphatic heterocycles. The smallest absolute Gasteiger partial charge is 0.240 e. The number of nitriles is 1. The maximum absolute atomic E-state index is 12.1. The molecular weight excluding hydrogens is 276 g/mol. The van der Waals surface area contributed by atoms with E-state index in [2.05, 4.69) is 6.07 Å². The van der Waals surface area contributed by atoms with Crippen LogP contribution in [0, 0.1) is 17.2 Å². The van der Waals surface area contributed by atoms with Gasteiger partial charge < -0.3 is 9.64 Å². The molecule has 20 heavy (non-hydrogen) atoms. The molecule has 106 valence electrons. The van der Waals surface area contributed by atoms with Gasteiger partial charge in [-0.2, -0.15) is 5.26 Å². The molecular formula is C15H17ClN2O2.